The molecule has 0 radical (unpaired) electrons. The highest BCUT2D eigenvalue weighted by Gasteiger charge is 2.30. The van der Waals surface area contributed by atoms with Crippen LogP contribution in [-0.4, -0.2) is 36.0 Å². The lowest BCUT2D eigenvalue weighted by Crippen LogP contribution is -2.48. The molecule has 1 amide bonds. The Morgan fingerprint density at radius 1 is 1.21 bits per heavy atom. The zero-order valence-corrected chi connectivity index (χ0v) is 15.8. The lowest BCUT2D eigenvalue weighted by atomic mass is 9.90. The van der Waals surface area contributed by atoms with Gasteiger partial charge in [0.2, 0.25) is 0 Å². The van der Waals surface area contributed by atoms with Gasteiger partial charge in [-0.15, -0.1) is 0 Å². The van der Waals surface area contributed by atoms with Crippen molar-refractivity contribution < 1.29 is 23.8 Å². The maximum absolute atomic E-state index is 12.5. The van der Waals surface area contributed by atoms with Crippen molar-refractivity contribution in [2.24, 2.45) is 0 Å². The first-order chi connectivity index (χ1) is 13.5. The van der Waals surface area contributed by atoms with Crippen molar-refractivity contribution in [1.82, 2.24) is 4.90 Å². The molecule has 7 nitrogen and oxygen atoms in total. The second-order valence-corrected chi connectivity index (χ2v) is 7.54. The third-order valence-electron chi connectivity index (χ3n) is 5.63. The van der Waals surface area contributed by atoms with E-state index in [0.717, 1.165) is 35.8 Å². The molecule has 1 atom stereocenters. The van der Waals surface area contributed by atoms with Crippen LogP contribution in [0.5, 0.6) is 5.75 Å². The molecule has 1 fully saturated rings. The lowest BCUT2D eigenvalue weighted by Gasteiger charge is -2.25. The molecule has 2 heterocycles. The number of carboxylic acids is 1. The number of amides is 1. The lowest BCUT2D eigenvalue weighted by molar-refractivity contribution is -0.310. The second kappa shape index (κ2) is 7.30. The van der Waals surface area contributed by atoms with Crippen LogP contribution in [0.3, 0.4) is 0 Å². The predicted octanol–water partition coefficient (Wildman–Crippen LogP) is 1.10. The predicted molar refractivity (Wildman–Crippen MR) is 99.1 cm³/mol. The molecule has 1 aliphatic carbocycles. The number of nitrogens with zero attached hydrogens (tertiary/aromatic N) is 1. The molecule has 1 aliphatic heterocycles. The summed E-state index contributed by atoms with van der Waals surface area (Å²) in [5.74, 6) is -1.12. The number of carboxylic acid groups (broad SMARTS) is 1. The quantitative estimate of drug-likeness (QED) is 0.732. The summed E-state index contributed by atoms with van der Waals surface area (Å²) >= 11 is 0. The Labute approximate surface area is 161 Å². The third-order valence-corrected chi connectivity index (χ3v) is 5.63. The molecule has 0 spiro atoms. The van der Waals surface area contributed by atoms with Crippen molar-refractivity contribution in [3.05, 3.63) is 39.2 Å². The Bertz CT molecular complexity index is 1010. The number of aliphatic carboxylic acids is 1. The van der Waals surface area contributed by atoms with Crippen LogP contribution >= 0.6 is 0 Å². The van der Waals surface area contributed by atoms with Gasteiger partial charge in [0.15, 0.2) is 6.61 Å². The van der Waals surface area contributed by atoms with Gasteiger partial charge in [-0.25, -0.2) is 4.79 Å². The number of carbonyl (C=O) groups excluding carboxylic acids is 2. The number of carbonyl (C=O) groups is 2. The second-order valence-electron chi connectivity index (χ2n) is 7.54. The van der Waals surface area contributed by atoms with Crippen molar-refractivity contribution in [3.8, 4) is 5.75 Å². The van der Waals surface area contributed by atoms with Gasteiger partial charge in [-0.3, -0.25) is 4.79 Å². The minimum atomic E-state index is -1.23. The van der Waals surface area contributed by atoms with Crippen molar-refractivity contribution in [2.75, 3.05) is 13.2 Å². The van der Waals surface area contributed by atoms with Crippen molar-refractivity contribution in [2.45, 2.75) is 51.5 Å². The van der Waals surface area contributed by atoms with Gasteiger partial charge in [-0.2, -0.15) is 0 Å². The van der Waals surface area contributed by atoms with Crippen LogP contribution in [0.15, 0.2) is 21.3 Å². The van der Waals surface area contributed by atoms with Gasteiger partial charge in [0.05, 0.1) is 17.4 Å². The fraction of sp³-hybridized carbons (Fsp3) is 0.476. The van der Waals surface area contributed by atoms with E-state index >= 15 is 0 Å². The van der Waals surface area contributed by atoms with Gasteiger partial charge >= 0.3 is 5.63 Å². The van der Waals surface area contributed by atoms with Gasteiger partial charge < -0.3 is 24.0 Å². The number of likely N-dealkylation sites (tertiary alicyclic amines) is 1. The smallest absolute Gasteiger partial charge is 0.339 e. The molecular formula is C21H22NO6-. The average Bonchev–Trinajstić information content (AvgIpc) is 3.16. The molecule has 1 aromatic carbocycles. The Hall–Kier alpha value is -2.83. The van der Waals surface area contributed by atoms with Crippen molar-refractivity contribution in [1.29, 1.82) is 0 Å². The normalized spacial score (nSPS) is 18.9. The number of hydrogen-bond donors (Lipinski definition) is 0. The highest BCUT2D eigenvalue weighted by molar-refractivity contribution is 5.89. The van der Waals surface area contributed by atoms with E-state index in [-0.39, 0.29) is 18.1 Å². The van der Waals surface area contributed by atoms with Gasteiger partial charge in [-0.1, -0.05) is 0 Å². The van der Waals surface area contributed by atoms with E-state index in [1.54, 1.807) is 6.07 Å². The maximum Gasteiger partial charge on any atom is 0.339 e. The Morgan fingerprint density at radius 2 is 1.96 bits per heavy atom. The van der Waals surface area contributed by atoms with E-state index in [0.29, 0.717) is 42.7 Å². The Balaban J connectivity index is 1.66. The summed E-state index contributed by atoms with van der Waals surface area (Å²) in [7, 11) is 0. The minimum Gasteiger partial charge on any atom is -0.548 e. The first-order valence-electron chi connectivity index (χ1n) is 9.68. The Morgan fingerprint density at radius 3 is 2.71 bits per heavy atom. The molecule has 148 valence electrons. The van der Waals surface area contributed by atoms with E-state index in [4.69, 9.17) is 9.15 Å². The monoisotopic (exact) mass is 384 g/mol. The SMILES string of the molecule is Cc1cc(OCC(=O)N2CCC[C@H]2C(=O)[O-])c2c3c(c(=O)oc2c1)CCCC3. The summed E-state index contributed by atoms with van der Waals surface area (Å²) < 4.78 is 11.4. The summed E-state index contributed by atoms with van der Waals surface area (Å²) in [4.78, 5) is 37.4. The average molecular weight is 384 g/mol. The molecule has 28 heavy (non-hydrogen) atoms. The van der Waals surface area contributed by atoms with E-state index in [9.17, 15) is 19.5 Å². The molecule has 2 aromatic rings. The number of benzene rings is 1. The van der Waals surface area contributed by atoms with Crippen LogP contribution in [0.25, 0.3) is 11.0 Å². The van der Waals surface area contributed by atoms with Crippen LogP contribution in [-0.2, 0) is 22.4 Å². The summed E-state index contributed by atoms with van der Waals surface area (Å²) in [6.07, 6.45) is 4.42. The summed E-state index contributed by atoms with van der Waals surface area (Å²) in [6.45, 7) is 1.98. The van der Waals surface area contributed by atoms with Crippen molar-refractivity contribution in [3.63, 3.8) is 0 Å². The molecule has 0 unspecified atom stereocenters. The highest BCUT2D eigenvalue weighted by Crippen LogP contribution is 2.34. The number of hydrogen-bond acceptors (Lipinski definition) is 6. The molecule has 0 saturated carbocycles. The largest absolute Gasteiger partial charge is 0.548 e. The fourth-order valence-electron chi connectivity index (χ4n) is 4.31. The summed E-state index contributed by atoms with van der Waals surface area (Å²) in [5, 5.41) is 12.0. The van der Waals surface area contributed by atoms with Gasteiger partial charge in [-0.05, 0) is 68.7 Å². The van der Waals surface area contributed by atoms with E-state index in [1.165, 1.54) is 4.90 Å². The standard InChI is InChI=1S/C21H23NO6/c1-12-9-16(27-11-18(23)22-8-4-7-15(22)20(24)25)19-13-5-2-3-6-14(13)21(26)28-17(19)10-12/h9-10,15H,2-8,11H2,1H3,(H,24,25)/p-1/t15-/m0/s1. The van der Waals surface area contributed by atoms with Crippen LogP contribution in [0, 0.1) is 6.92 Å². The number of ether oxygens (including phenoxy) is 1. The van der Waals surface area contributed by atoms with E-state index in [2.05, 4.69) is 0 Å². The van der Waals surface area contributed by atoms with Crippen LogP contribution in [0.1, 0.15) is 42.4 Å². The number of aryl methyl sites for hydroxylation is 2. The molecule has 4 rings (SSSR count). The summed E-state index contributed by atoms with van der Waals surface area (Å²) in [6, 6.07) is 2.73. The molecular weight excluding hydrogens is 362 g/mol. The number of rotatable bonds is 4. The van der Waals surface area contributed by atoms with E-state index < -0.39 is 12.0 Å². The molecule has 7 heteroatoms. The maximum atomic E-state index is 12.5. The van der Waals surface area contributed by atoms with Gasteiger partial charge in [0, 0.05) is 12.1 Å². The first kappa shape index (κ1) is 18.5. The van der Waals surface area contributed by atoms with E-state index in [1.807, 2.05) is 13.0 Å². The zero-order valence-electron chi connectivity index (χ0n) is 15.8. The number of fused-ring (bicyclic) bond motifs is 3. The van der Waals surface area contributed by atoms with Gasteiger partial charge in [0.25, 0.3) is 5.91 Å². The fourth-order valence-corrected chi connectivity index (χ4v) is 4.31. The zero-order chi connectivity index (χ0) is 19.8. The molecule has 0 N–H and O–H groups in total. The Kier molecular flexibility index (Phi) is 4.83. The molecule has 0 bridgehead atoms. The molecule has 2 aliphatic rings. The van der Waals surface area contributed by atoms with Crippen molar-refractivity contribution >= 4 is 22.8 Å². The highest BCUT2D eigenvalue weighted by atomic mass is 16.5. The topological polar surface area (TPSA) is 99.9 Å². The van der Waals surface area contributed by atoms with Gasteiger partial charge in [0.1, 0.15) is 11.3 Å². The molecule has 1 aromatic heterocycles. The van der Waals surface area contributed by atoms with Crippen LogP contribution in [0.4, 0.5) is 0 Å². The third kappa shape index (κ3) is 3.25. The van der Waals surface area contributed by atoms with Crippen LogP contribution in [0.2, 0.25) is 0 Å². The molecule has 1 saturated heterocycles. The summed E-state index contributed by atoms with van der Waals surface area (Å²) in [5.41, 5.74) is 2.64. The first-order valence-corrected chi connectivity index (χ1v) is 9.68. The minimum absolute atomic E-state index is 0.268. The van der Waals surface area contributed by atoms with Crippen LogP contribution < -0.4 is 15.5 Å².